The zero-order valence-corrected chi connectivity index (χ0v) is 10.3. The molecule has 3 nitrogen and oxygen atoms in total. The van der Waals surface area contributed by atoms with Crippen LogP contribution >= 0.6 is 20.2 Å². The summed E-state index contributed by atoms with van der Waals surface area (Å²) in [5.74, 6) is 0.957. The van der Waals surface area contributed by atoms with E-state index < -0.39 is 7.60 Å². The Balaban J connectivity index is 3.03. The number of unbranched alkanes of at least 4 members (excludes halogenated alkanes) is 6. The van der Waals surface area contributed by atoms with Crippen molar-refractivity contribution in [1.82, 2.24) is 0 Å². The normalized spacial score (nSPS) is 11.9. The van der Waals surface area contributed by atoms with Gasteiger partial charge in [-0.3, -0.25) is 4.57 Å². The maximum atomic E-state index is 10.5. The molecule has 0 fully saturated rings. The Morgan fingerprint density at radius 2 is 1.29 bits per heavy atom. The number of hydrogen-bond acceptors (Lipinski definition) is 2. The molecule has 86 valence electrons. The van der Waals surface area contributed by atoms with E-state index in [1.165, 1.54) is 25.7 Å². The van der Waals surface area contributed by atoms with E-state index in [9.17, 15) is 4.57 Å². The molecule has 0 saturated carbocycles. The smallest absolute Gasteiger partial charge is 0.324 e. The van der Waals surface area contributed by atoms with Crippen LogP contribution in [0.25, 0.3) is 0 Å². The van der Waals surface area contributed by atoms with Crippen LogP contribution in [0.1, 0.15) is 44.9 Å². The predicted octanol–water partition coefficient (Wildman–Crippen LogP) is 2.82. The van der Waals surface area contributed by atoms with Crippen molar-refractivity contribution in [2.75, 3.05) is 11.9 Å². The van der Waals surface area contributed by atoms with Crippen molar-refractivity contribution in [1.29, 1.82) is 0 Å². The number of rotatable bonds is 9. The minimum atomic E-state index is -3.74. The van der Waals surface area contributed by atoms with Gasteiger partial charge in [0.2, 0.25) is 0 Å². The van der Waals surface area contributed by atoms with Crippen LogP contribution in [0.15, 0.2) is 0 Å². The van der Waals surface area contributed by atoms with Gasteiger partial charge < -0.3 is 9.79 Å². The zero-order chi connectivity index (χ0) is 10.9. The SMILES string of the molecule is O=P(O)(O)CCCCCCCCCS. The topological polar surface area (TPSA) is 57.5 Å². The van der Waals surface area contributed by atoms with Crippen molar-refractivity contribution in [2.24, 2.45) is 0 Å². The van der Waals surface area contributed by atoms with Gasteiger partial charge in [0.05, 0.1) is 0 Å². The molecule has 0 radical (unpaired) electrons. The minimum Gasteiger partial charge on any atom is -0.324 e. The Morgan fingerprint density at radius 1 is 0.857 bits per heavy atom. The molecule has 0 aliphatic carbocycles. The van der Waals surface area contributed by atoms with Gasteiger partial charge in [0.15, 0.2) is 0 Å². The molecule has 0 atom stereocenters. The molecule has 0 saturated heterocycles. The van der Waals surface area contributed by atoms with Crippen LogP contribution < -0.4 is 0 Å². The van der Waals surface area contributed by atoms with Gasteiger partial charge in [-0.1, -0.05) is 32.1 Å². The molecule has 0 unspecified atom stereocenters. The first-order chi connectivity index (χ1) is 6.56. The quantitative estimate of drug-likeness (QED) is 0.330. The molecule has 0 aromatic heterocycles. The summed E-state index contributed by atoms with van der Waals surface area (Å²) in [6.07, 6.45) is 7.51. The van der Waals surface area contributed by atoms with E-state index in [4.69, 9.17) is 9.79 Å². The van der Waals surface area contributed by atoms with Crippen LogP contribution in [-0.4, -0.2) is 21.7 Å². The van der Waals surface area contributed by atoms with Crippen LogP contribution in [0.3, 0.4) is 0 Å². The third-order valence-corrected chi connectivity index (χ3v) is 3.32. The molecular formula is C9H21O3PS. The van der Waals surface area contributed by atoms with Gasteiger partial charge in [0.1, 0.15) is 0 Å². The fraction of sp³-hybridized carbons (Fsp3) is 1.00. The molecular weight excluding hydrogens is 219 g/mol. The maximum Gasteiger partial charge on any atom is 0.325 e. The lowest BCUT2D eigenvalue weighted by molar-refractivity contribution is 0.370. The van der Waals surface area contributed by atoms with E-state index in [0.29, 0.717) is 6.42 Å². The summed E-state index contributed by atoms with van der Waals surface area (Å²) in [5, 5.41) is 0. The molecule has 0 aromatic carbocycles. The molecule has 0 heterocycles. The molecule has 0 aliphatic rings. The summed E-state index contributed by atoms with van der Waals surface area (Å²) in [5.41, 5.74) is 0. The summed E-state index contributed by atoms with van der Waals surface area (Å²) in [4.78, 5) is 17.2. The molecule has 2 N–H and O–H groups in total. The summed E-state index contributed by atoms with van der Waals surface area (Å²) >= 11 is 4.12. The third-order valence-electron chi connectivity index (χ3n) is 2.11. The van der Waals surface area contributed by atoms with Crippen LogP contribution in [0.5, 0.6) is 0 Å². The van der Waals surface area contributed by atoms with Crippen molar-refractivity contribution in [3.8, 4) is 0 Å². The third kappa shape index (κ3) is 12.5. The predicted molar refractivity (Wildman–Crippen MR) is 63.1 cm³/mol. The van der Waals surface area contributed by atoms with E-state index >= 15 is 0 Å². The second-order valence-corrected chi connectivity index (χ2v) is 5.81. The fourth-order valence-electron chi connectivity index (χ4n) is 1.31. The maximum absolute atomic E-state index is 10.5. The van der Waals surface area contributed by atoms with Crippen LogP contribution in [0.4, 0.5) is 0 Å². The van der Waals surface area contributed by atoms with E-state index in [1.807, 2.05) is 0 Å². The number of thiol groups is 1. The Morgan fingerprint density at radius 3 is 1.71 bits per heavy atom. The second kappa shape index (κ2) is 8.78. The molecule has 14 heavy (non-hydrogen) atoms. The monoisotopic (exact) mass is 240 g/mol. The first kappa shape index (κ1) is 14.5. The van der Waals surface area contributed by atoms with Gasteiger partial charge in [-0.15, -0.1) is 0 Å². The number of hydrogen-bond donors (Lipinski definition) is 3. The molecule has 0 bridgehead atoms. The highest BCUT2D eigenvalue weighted by molar-refractivity contribution is 7.80. The standard InChI is InChI=1S/C9H21O3PS/c10-13(11,12)8-6-4-2-1-3-5-7-9-14/h14H,1-9H2,(H2,10,11,12). The van der Waals surface area contributed by atoms with Gasteiger partial charge in [0, 0.05) is 6.16 Å². The Hall–Kier alpha value is 0.500. The van der Waals surface area contributed by atoms with E-state index in [1.54, 1.807) is 0 Å². The highest BCUT2D eigenvalue weighted by Gasteiger charge is 2.10. The Kier molecular flexibility index (Phi) is 9.09. The van der Waals surface area contributed by atoms with Crippen LogP contribution in [-0.2, 0) is 4.57 Å². The second-order valence-electron chi connectivity index (χ2n) is 3.59. The highest BCUT2D eigenvalue weighted by Crippen LogP contribution is 2.35. The Bertz CT molecular complexity index is 169. The molecule has 0 aliphatic heterocycles. The van der Waals surface area contributed by atoms with Gasteiger partial charge in [-0.25, -0.2) is 0 Å². The fourth-order valence-corrected chi connectivity index (χ4v) is 2.17. The average Bonchev–Trinajstić information content (AvgIpc) is 2.08. The van der Waals surface area contributed by atoms with Gasteiger partial charge in [0.25, 0.3) is 0 Å². The Labute approximate surface area is 91.9 Å². The van der Waals surface area contributed by atoms with E-state index in [-0.39, 0.29) is 6.16 Å². The minimum absolute atomic E-state index is 0.0453. The molecule has 5 heteroatoms. The molecule has 0 spiro atoms. The van der Waals surface area contributed by atoms with Crippen molar-refractivity contribution in [3.05, 3.63) is 0 Å². The van der Waals surface area contributed by atoms with Gasteiger partial charge in [-0.05, 0) is 18.6 Å². The average molecular weight is 240 g/mol. The van der Waals surface area contributed by atoms with Crippen molar-refractivity contribution in [3.63, 3.8) is 0 Å². The zero-order valence-electron chi connectivity index (χ0n) is 8.56. The lowest BCUT2D eigenvalue weighted by Gasteiger charge is -2.03. The van der Waals surface area contributed by atoms with E-state index in [2.05, 4.69) is 12.6 Å². The molecule has 0 aromatic rings. The van der Waals surface area contributed by atoms with Gasteiger partial charge in [-0.2, -0.15) is 12.6 Å². The van der Waals surface area contributed by atoms with E-state index in [0.717, 1.165) is 18.6 Å². The first-order valence-corrected chi connectivity index (χ1v) is 7.65. The summed E-state index contributed by atoms with van der Waals surface area (Å²) in [6.45, 7) is 0. The summed E-state index contributed by atoms with van der Waals surface area (Å²) in [6, 6.07) is 0. The van der Waals surface area contributed by atoms with Crippen molar-refractivity contribution < 1.29 is 14.4 Å². The highest BCUT2D eigenvalue weighted by atomic mass is 32.1. The first-order valence-electron chi connectivity index (χ1n) is 5.22. The van der Waals surface area contributed by atoms with Crippen LogP contribution in [0, 0.1) is 0 Å². The lowest BCUT2D eigenvalue weighted by Crippen LogP contribution is -1.88. The van der Waals surface area contributed by atoms with Crippen molar-refractivity contribution >= 4 is 20.2 Å². The van der Waals surface area contributed by atoms with Crippen molar-refractivity contribution in [2.45, 2.75) is 44.9 Å². The molecule has 0 amide bonds. The van der Waals surface area contributed by atoms with Gasteiger partial charge >= 0.3 is 7.60 Å². The summed E-state index contributed by atoms with van der Waals surface area (Å²) < 4.78 is 10.5. The lowest BCUT2D eigenvalue weighted by atomic mass is 10.1. The van der Waals surface area contributed by atoms with Crippen LogP contribution in [0.2, 0.25) is 0 Å². The largest absolute Gasteiger partial charge is 0.325 e. The molecule has 0 rings (SSSR count). The summed E-state index contributed by atoms with van der Waals surface area (Å²) in [7, 11) is -3.74.